The maximum atomic E-state index is 14.2. The van der Waals surface area contributed by atoms with Gasteiger partial charge in [0, 0.05) is 51.0 Å². The van der Waals surface area contributed by atoms with E-state index in [9.17, 15) is 37.6 Å². The molecule has 0 radical (unpaired) electrons. The zero-order chi connectivity index (χ0) is 29.9. The highest BCUT2D eigenvalue weighted by Crippen LogP contribution is 2.35. The van der Waals surface area contributed by atoms with Crippen LogP contribution in [0.2, 0.25) is 5.28 Å². The summed E-state index contributed by atoms with van der Waals surface area (Å²) in [6, 6.07) is 5.77. The van der Waals surface area contributed by atoms with Crippen molar-refractivity contribution in [2.75, 3.05) is 54.8 Å². The maximum absolute atomic E-state index is 14.2. The van der Waals surface area contributed by atoms with Crippen molar-refractivity contribution in [1.82, 2.24) is 19.9 Å². The predicted octanol–water partition coefficient (Wildman–Crippen LogP) is 3.01. The number of hydrogen-bond acceptors (Lipinski definition) is 13. The molecule has 1 saturated heterocycles. The molecule has 0 atom stereocenters. The van der Waals surface area contributed by atoms with E-state index in [1.807, 2.05) is 4.90 Å². The summed E-state index contributed by atoms with van der Waals surface area (Å²) < 4.78 is 46.7. The largest absolute Gasteiger partial charge is 0.363 e. The number of anilines is 4. The smallest absolute Gasteiger partial charge is 0.311 e. The molecule has 218 valence electrons. The lowest BCUT2D eigenvalue weighted by molar-refractivity contribution is -0.395. The van der Waals surface area contributed by atoms with E-state index in [1.54, 1.807) is 11.0 Å². The van der Waals surface area contributed by atoms with Crippen molar-refractivity contribution in [2.24, 2.45) is 0 Å². The molecule has 1 aromatic heterocycles. The van der Waals surface area contributed by atoms with Crippen LogP contribution in [0.1, 0.15) is 5.56 Å². The number of aryl methyl sites for hydroxylation is 1. The molecule has 3 N–H and O–H groups in total. The van der Waals surface area contributed by atoms with Crippen LogP contribution in [-0.4, -0.2) is 81.9 Å². The lowest BCUT2D eigenvalue weighted by atomic mass is 10.2. The molecule has 4 rings (SSSR count). The van der Waals surface area contributed by atoms with Crippen LogP contribution in [0.15, 0.2) is 35.2 Å². The normalized spacial score (nSPS) is 14.1. The third kappa shape index (κ3) is 7.28. The van der Waals surface area contributed by atoms with Crippen molar-refractivity contribution in [3.63, 3.8) is 0 Å². The molecule has 19 heteroatoms. The number of nitro benzene ring substituents is 2. The van der Waals surface area contributed by atoms with Gasteiger partial charge in [-0.25, -0.2) is 0 Å². The number of aromatic nitrogens is 3. The molecule has 0 amide bonds. The van der Waals surface area contributed by atoms with E-state index in [4.69, 9.17) is 11.6 Å². The first-order valence-electron chi connectivity index (χ1n) is 11.9. The molecule has 0 aliphatic carbocycles. The van der Waals surface area contributed by atoms with Crippen LogP contribution < -0.4 is 15.5 Å². The third-order valence-electron chi connectivity index (χ3n) is 6.19. The van der Waals surface area contributed by atoms with Crippen LogP contribution in [0.4, 0.5) is 39.0 Å². The van der Waals surface area contributed by atoms with Crippen LogP contribution >= 0.6 is 11.6 Å². The topological polar surface area (TPSA) is 210 Å². The molecule has 41 heavy (non-hydrogen) atoms. The van der Waals surface area contributed by atoms with E-state index in [1.165, 1.54) is 19.1 Å². The molecular weight excluding hydrogens is 589 g/mol. The molecule has 2 aromatic carbocycles. The number of rotatable bonds is 10. The Kier molecular flexibility index (Phi) is 8.76. The summed E-state index contributed by atoms with van der Waals surface area (Å²) in [6.45, 7) is 4.04. The quantitative estimate of drug-likeness (QED) is 0.171. The second kappa shape index (κ2) is 12.1. The first-order valence-corrected chi connectivity index (χ1v) is 13.7. The van der Waals surface area contributed by atoms with E-state index in [2.05, 4.69) is 25.6 Å². The third-order valence-corrected chi connectivity index (χ3v) is 7.36. The van der Waals surface area contributed by atoms with Gasteiger partial charge >= 0.3 is 5.69 Å². The summed E-state index contributed by atoms with van der Waals surface area (Å²) >= 11 is 6.01. The molecule has 0 spiro atoms. The van der Waals surface area contributed by atoms with Crippen molar-refractivity contribution in [2.45, 2.75) is 11.8 Å². The van der Waals surface area contributed by atoms with Crippen LogP contribution in [0.5, 0.6) is 0 Å². The van der Waals surface area contributed by atoms with E-state index < -0.39 is 37.2 Å². The minimum Gasteiger partial charge on any atom is -0.363 e. The summed E-state index contributed by atoms with van der Waals surface area (Å²) in [5.74, 6) is -0.971. The van der Waals surface area contributed by atoms with E-state index in [0.717, 1.165) is 6.07 Å². The predicted molar refractivity (Wildman–Crippen MR) is 146 cm³/mol. The van der Waals surface area contributed by atoms with Crippen molar-refractivity contribution < 1.29 is 27.2 Å². The van der Waals surface area contributed by atoms with E-state index in [0.29, 0.717) is 56.6 Å². The fourth-order valence-electron chi connectivity index (χ4n) is 4.19. The Morgan fingerprint density at radius 2 is 1.68 bits per heavy atom. The first-order chi connectivity index (χ1) is 19.3. The number of halogens is 2. The number of nitrogens with zero attached hydrogens (tertiary/aromatic N) is 7. The number of hydrogen-bond donors (Lipinski definition) is 3. The van der Waals surface area contributed by atoms with Crippen molar-refractivity contribution >= 4 is 56.4 Å². The zero-order valence-corrected chi connectivity index (χ0v) is 22.9. The average Bonchev–Trinajstić information content (AvgIpc) is 2.89. The Hall–Kier alpha value is -4.26. The van der Waals surface area contributed by atoms with Crippen LogP contribution in [0.3, 0.4) is 0 Å². The van der Waals surface area contributed by atoms with Gasteiger partial charge in [0.1, 0.15) is 5.69 Å². The van der Waals surface area contributed by atoms with Gasteiger partial charge in [-0.1, -0.05) is 6.07 Å². The van der Waals surface area contributed by atoms with E-state index >= 15 is 0 Å². The van der Waals surface area contributed by atoms with Gasteiger partial charge in [0.05, 0.1) is 20.8 Å². The van der Waals surface area contributed by atoms with Gasteiger partial charge in [0.15, 0.2) is 0 Å². The SMILES string of the molecule is Cc1ccc(Nc2nc(Cl)nc(NCCN3CCN(c4cc(F)c([N+](=O)[O-])cc4[N+](=O)[O-])CC3)n2)cc1S(=O)(=O)O. The van der Waals surface area contributed by atoms with Crippen LogP contribution in [-0.2, 0) is 10.1 Å². The van der Waals surface area contributed by atoms with Crippen LogP contribution in [0, 0.1) is 33.0 Å². The highest BCUT2D eigenvalue weighted by Gasteiger charge is 2.29. The fourth-order valence-corrected chi connectivity index (χ4v) is 5.10. The van der Waals surface area contributed by atoms with Crippen LogP contribution in [0.25, 0.3) is 0 Å². The maximum Gasteiger partial charge on any atom is 0.311 e. The van der Waals surface area contributed by atoms with Crippen molar-refractivity contribution in [1.29, 1.82) is 0 Å². The zero-order valence-electron chi connectivity index (χ0n) is 21.3. The number of nitrogens with one attached hydrogen (secondary N) is 2. The van der Waals surface area contributed by atoms with Gasteiger partial charge in [0.2, 0.25) is 23.0 Å². The lowest BCUT2D eigenvalue weighted by Gasteiger charge is -2.35. The molecular formula is C22H23ClFN9O7S. The number of piperazine rings is 1. The molecule has 1 fully saturated rings. The van der Waals surface area contributed by atoms with Crippen molar-refractivity contribution in [3.05, 3.63) is 67.2 Å². The highest BCUT2D eigenvalue weighted by atomic mass is 35.5. The monoisotopic (exact) mass is 611 g/mol. The number of nitro groups is 2. The summed E-state index contributed by atoms with van der Waals surface area (Å²) in [4.78, 5) is 36.2. The Morgan fingerprint density at radius 3 is 2.32 bits per heavy atom. The Balaban J connectivity index is 1.35. The highest BCUT2D eigenvalue weighted by molar-refractivity contribution is 7.85. The first kappa shape index (κ1) is 29.7. The Bertz CT molecular complexity index is 1600. The molecule has 1 aliphatic rings. The van der Waals surface area contributed by atoms with Gasteiger partial charge in [-0.15, -0.1) is 0 Å². The Labute approximate surface area is 237 Å². The lowest BCUT2D eigenvalue weighted by Crippen LogP contribution is -2.47. The summed E-state index contributed by atoms with van der Waals surface area (Å²) in [5, 5.41) is 28.1. The molecule has 3 aromatic rings. The van der Waals surface area contributed by atoms with Gasteiger partial charge < -0.3 is 15.5 Å². The van der Waals surface area contributed by atoms with Gasteiger partial charge in [-0.3, -0.25) is 29.7 Å². The fraction of sp³-hybridized carbons (Fsp3) is 0.318. The minimum absolute atomic E-state index is 0.0204. The second-order valence-electron chi connectivity index (χ2n) is 8.89. The Morgan fingerprint density at radius 1 is 1.02 bits per heavy atom. The van der Waals surface area contributed by atoms with Gasteiger partial charge in [-0.2, -0.15) is 27.8 Å². The van der Waals surface area contributed by atoms with E-state index in [-0.39, 0.29) is 27.8 Å². The molecule has 1 aliphatic heterocycles. The number of benzene rings is 2. The van der Waals surface area contributed by atoms with Crippen molar-refractivity contribution in [3.8, 4) is 0 Å². The molecule has 0 unspecified atom stereocenters. The second-order valence-corrected chi connectivity index (χ2v) is 10.6. The molecule has 0 bridgehead atoms. The minimum atomic E-state index is -4.43. The van der Waals surface area contributed by atoms with Gasteiger partial charge in [-0.05, 0) is 36.2 Å². The molecule has 2 heterocycles. The summed E-state index contributed by atoms with van der Waals surface area (Å²) in [7, 11) is -4.43. The molecule has 0 saturated carbocycles. The van der Waals surface area contributed by atoms with Gasteiger partial charge in [0.25, 0.3) is 15.8 Å². The average molecular weight is 612 g/mol. The summed E-state index contributed by atoms with van der Waals surface area (Å²) in [6.07, 6.45) is 0. The standard InChI is InChI=1S/C22H23ClFN9O7S/c1-13-2-3-14(10-19(13)41(38,39)40)26-22-28-20(23)27-21(29-22)25-4-5-30-6-8-31(9-7-30)17-11-15(24)16(32(34)35)12-18(17)33(36)37/h2-3,10-12H,4-9H2,1H3,(H,38,39,40)(H2,25,26,27,28,29). The summed E-state index contributed by atoms with van der Waals surface area (Å²) in [5.41, 5.74) is -0.864. The molecule has 16 nitrogen and oxygen atoms in total.